The highest BCUT2D eigenvalue weighted by Gasteiger charge is 2.41. The van der Waals surface area contributed by atoms with Crippen molar-refractivity contribution in [3.8, 4) is 0 Å². The summed E-state index contributed by atoms with van der Waals surface area (Å²) in [6.07, 6.45) is 6.70. The Morgan fingerprint density at radius 3 is 2.36 bits per heavy atom. The fourth-order valence-corrected chi connectivity index (χ4v) is 3.31. The summed E-state index contributed by atoms with van der Waals surface area (Å²) in [5.74, 6) is 2.80. The largest absolute Gasteiger partial charge is 0.393 e. The minimum atomic E-state index is -0.105. The number of rotatable bonds is 2. The van der Waals surface area contributed by atoms with Crippen molar-refractivity contribution in [1.29, 1.82) is 0 Å². The first-order chi connectivity index (χ1) is 6.47. The van der Waals surface area contributed by atoms with Gasteiger partial charge >= 0.3 is 0 Å². The van der Waals surface area contributed by atoms with Crippen LogP contribution in [-0.2, 0) is 0 Å². The summed E-state index contributed by atoms with van der Waals surface area (Å²) in [5.41, 5.74) is 0.0713. The first-order valence-corrected chi connectivity index (χ1v) is 6.15. The van der Waals surface area contributed by atoms with Crippen molar-refractivity contribution in [2.75, 3.05) is 0 Å². The third kappa shape index (κ3) is 1.98. The van der Waals surface area contributed by atoms with Gasteiger partial charge < -0.3 is 5.11 Å². The Balaban J connectivity index is 1.87. The van der Waals surface area contributed by atoms with Gasteiger partial charge in [-0.05, 0) is 48.9 Å². The minimum absolute atomic E-state index is 0.0713. The lowest BCUT2D eigenvalue weighted by Crippen LogP contribution is -2.29. The zero-order valence-electron chi connectivity index (χ0n) is 9.79. The van der Waals surface area contributed by atoms with E-state index < -0.39 is 0 Å². The van der Waals surface area contributed by atoms with E-state index in [2.05, 4.69) is 20.8 Å². The van der Waals surface area contributed by atoms with Gasteiger partial charge in [-0.1, -0.05) is 27.2 Å². The molecule has 14 heavy (non-hydrogen) atoms. The SMILES string of the molecule is CC(C)(C)C(O)CC1CC2CCC1C2. The molecule has 0 spiro atoms. The summed E-state index contributed by atoms with van der Waals surface area (Å²) < 4.78 is 0. The summed E-state index contributed by atoms with van der Waals surface area (Å²) in [5, 5.41) is 10.1. The van der Waals surface area contributed by atoms with Gasteiger partial charge in [0.25, 0.3) is 0 Å². The van der Waals surface area contributed by atoms with Crippen molar-refractivity contribution in [1.82, 2.24) is 0 Å². The van der Waals surface area contributed by atoms with Gasteiger partial charge in [-0.15, -0.1) is 0 Å². The molecule has 4 atom stereocenters. The first-order valence-electron chi connectivity index (χ1n) is 6.15. The highest BCUT2D eigenvalue weighted by molar-refractivity contribution is 4.92. The molecule has 2 rings (SSSR count). The van der Waals surface area contributed by atoms with E-state index >= 15 is 0 Å². The van der Waals surface area contributed by atoms with E-state index in [0.717, 1.165) is 24.2 Å². The minimum Gasteiger partial charge on any atom is -0.393 e. The third-order valence-corrected chi connectivity index (χ3v) is 4.41. The molecule has 2 fully saturated rings. The van der Waals surface area contributed by atoms with E-state index in [-0.39, 0.29) is 11.5 Å². The molecule has 2 aliphatic carbocycles. The standard InChI is InChI=1S/C13H24O/c1-13(2,3)12(14)8-11-7-9-4-5-10(11)6-9/h9-12,14H,4-8H2,1-3H3. The topological polar surface area (TPSA) is 20.2 Å². The Morgan fingerprint density at radius 2 is 1.93 bits per heavy atom. The summed E-state index contributed by atoms with van der Waals surface area (Å²) in [7, 11) is 0. The summed E-state index contributed by atoms with van der Waals surface area (Å²) in [6, 6.07) is 0. The average Bonchev–Trinajstić information content (AvgIpc) is 2.62. The highest BCUT2D eigenvalue weighted by Crippen LogP contribution is 2.50. The van der Waals surface area contributed by atoms with Crippen LogP contribution in [0.3, 0.4) is 0 Å². The molecule has 0 aliphatic heterocycles. The van der Waals surface area contributed by atoms with E-state index in [1.54, 1.807) is 0 Å². The molecule has 1 heteroatoms. The highest BCUT2D eigenvalue weighted by atomic mass is 16.3. The molecule has 0 aromatic heterocycles. The van der Waals surface area contributed by atoms with Gasteiger partial charge in [0.05, 0.1) is 6.10 Å². The molecule has 2 saturated carbocycles. The number of hydrogen-bond donors (Lipinski definition) is 1. The number of fused-ring (bicyclic) bond motifs is 2. The van der Waals surface area contributed by atoms with Crippen molar-refractivity contribution in [3.63, 3.8) is 0 Å². The first kappa shape index (κ1) is 10.5. The van der Waals surface area contributed by atoms with E-state index in [1.165, 1.54) is 25.7 Å². The van der Waals surface area contributed by atoms with Crippen LogP contribution in [0.2, 0.25) is 0 Å². The second-order valence-electron chi connectivity index (χ2n) is 6.55. The van der Waals surface area contributed by atoms with Crippen LogP contribution in [-0.4, -0.2) is 11.2 Å². The molecule has 0 aromatic carbocycles. The maximum Gasteiger partial charge on any atom is 0.0591 e. The quantitative estimate of drug-likeness (QED) is 0.719. The molecule has 1 nitrogen and oxygen atoms in total. The van der Waals surface area contributed by atoms with Crippen LogP contribution in [0.5, 0.6) is 0 Å². The van der Waals surface area contributed by atoms with Crippen LogP contribution >= 0.6 is 0 Å². The van der Waals surface area contributed by atoms with E-state index in [0.29, 0.717) is 0 Å². The van der Waals surface area contributed by atoms with Gasteiger partial charge in [0.2, 0.25) is 0 Å². The summed E-state index contributed by atoms with van der Waals surface area (Å²) in [6.45, 7) is 6.43. The number of aliphatic hydroxyl groups excluding tert-OH is 1. The lowest BCUT2D eigenvalue weighted by atomic mass is 9.78. The van der Waals surface area contributed by atoms with Crippen LogP contribution in [0.1, 0.15) is 52.9 Å². The van der Waals surface area contributed by atoms with E-state index in [9.17, 15) is 5.11 Å². The second-order valence-corrected chi connectivity index (χ2v) is 6.55. The zero-order valence-corrected chi connectivity index (χ0v) is 9.79. The summed E-state index contributed by atoms with van der Waals surface area (Å²) in [4.78, 5) is 0. The Kier molecular flexibility index (Phi) is 2.63. The second kappa shape index (κ2) is 3.52. The molecule has 1 N–H and O–H groups in total. The van der Waals surface area contributed by atoms with Gasteiger partial charge in [0.1, 0.15) is 0 Å². The van der Waals surface area contributed by atoms with Gasteiger partial charge in [-0.3, -0.25) is 0 Å². The zero-order chi connectivity index (χ0) is 10.3. The molecule has 0 amide bonds. The molecule has 2 aliphatic rings. The summed E-state index contributed by atoms with van der Waals surface area (Å²) >= 11 is 0. The lowest BCUT2D eigenvalue weighted by Gasteiger charge is -2.31. The van der Waals surface area contributed by atoms with Crippen LogP contribution in [0.25, 0.3) is 0 Å². The Labute approximate surface area is 87.9 Å². The monoisotopic (exact) mass is 196 g/mol. The van der Waals surface area contributed by atoms with Crippen LogP contribution in [0.15, 0.2) is 0 Å². The Hall–Kier alpha value is -0.0400. The van der Waals surface area contributed by atoms with Crippen molar-refractivity contribution in [2.24, 2.45) is 23.2 Å². The van der Waals surface area contributed by atoms with Crippen LogP contribution in [0.4, 0.5) is 0 Å². The van der Waals surface area contributed by atoms with Crippen molar-refractivity contribution >= 4 is 0 Å². The van der Waals surface area contributed by atoms with Gasteiger partial charge in [-0.25, -0.2) is 0 Å². The number of hydrogen-bond acceptors (Lipinski definition) is 1. The normalized spacial score (nSPS) is 39.0. The van der Waals surface area contributed by atoms with Crippen LogP contribution in [0, 0.1) is 23.2 Å². The van der Waals surface area contributed by atoms with Gasteiger partial charge in [0, 0.05) is 0 Å². The molecular formula is C13H24O. The van der Waals surface area contributed by atoms with Gasteiger partial charge in [-0.2, -0.15) is 0 Å². The van der Waals surface area contributed by atoms with E-state index in [4.69, 9.17) is 0 Å². The van der Waals surface area contributed by atoms with Crippen molar-refractivity contribution in [2.45, 2.75) is 59.0 Å². The maximum atomic E-state index is 10.1. The molecular weight excluding hydrogens is 172 g/mol. The lowest BCUT2D eigenvalue weighted by molar-refractivity contribution is 0.0328. The van der Waals surface area contributed by atoms with Crippen molar-refractivity contribution in [3.05, 3.63) is 0 Å². The van der Waals surface area contributed by atoms with Crippen molar-refractivity contribution < 1.29 is 5.11 Å². The molecule has 2 bridgehead atoms. The molecule has 4 unspecified atom stereocenters. The molecule has 0 aromatic rings. The fourth-order valence-electron chi connectivity index (χ4n) is 3.31. The van der Waals surface area contributed by atoms with Crippen LogP contribution < -0.4 is 0 Å². The Bertz CT molecular complexity index is 204. The third-order valence-electron chi connectivity index (χ3n) is 4.41. The van der Waals surface area contributed by atoms with Gasteiger partial charge in [0.15, 0.2) is 0 Å². The number of aliphatic hydroxyl groups is 1. The predicted octanol–water partition coefficient (Wildman–Crippen LogP) is 3.22. The predicted molar refractivity (Wildman–Crippen MR) is 59.0 cm³/mol. The Morgan fingerprint density at radius 1 is 1.21 bits per heavy atom. The molecule has 0 radical (unpaired) electrons. The maximum absolute atomic E-state index is 10.1. The average molecular weight is 196 g/mol. The molecule has 0 heterocycles. The smallest absolute Gasteiger partial charge is 0.0591 e. The fraction of sp³-hybridized carbons (Fsp3) is 1.00. The molecule has 82 valence electrons. The molecule has 0 saturated heterocycles. The van der Waals surface area contributed by atoms with E-state index in [1.807, 2.05) is 0 Å².